The van der Waals surface area contributed by atoms with Crippen molar-refractivity contribution in [1.82, 2.24) is 0 Å². The molecule has 0 aliphatic carbocycles. The number of sulfone groups is 1. The molecule has 110 valence electrons. The lowest BCUT2D eigenvalue weighted by Crippen LogP contribution is -2.12. The van der Waals surface area contributed by atoms with Crippen molar-refractivity contribution >= 4 is 21.5 Å². The minimum Gasteiger partial charge on any atom is -0.480 e. The van der Waals surface area contributed by atoms with Crippen LogP contribution in [-0.4, -0.2) is 26.0 Å². The molecule has 6 heteroatoms. The maximum absolute atomic E-state index is 12.4. The molecule has 0 unspecified atom stereocenters. The molecule has 0 saturated heterocycles. The Labute approximate surface area is 123 Å². The Kier molecular flexibility index (Phi) is 4.28. The van der Waals surface area contributed by atoms with Crippen molar-refractivity contribution in [1.29, 1.82) is 0 Å². The lowest BCUT2D eigenvalue weighted by molar-refractivity contribution is -0.134. The number of carboxylic acids is 1. The van der Waals surface area contributed by atoms with Crippen LogP contribution >= 0.6 is 0 Å². The van der Waals surface area contributed by atoms with Gasteiger partial charge in [0, 0.05) is 5.69 Å². The van der Waals surface area contributed by atoms with E-state index in [0.29, 0.717) is 5.69 Å². The highest BCUT2D eigenvalue weighted by atomic mass is 32.2. The molecule has 0 bridgehead atoms. The van der Waals surface area contributed by atoms with Crippen LogP contribution in [0.4, 0.5) is 5.69 Å². The van der Waals surface area contributed by atoms with Gasteiger partial charge in [-0.15, -0.1) is 0 Å². The summed E-state index contributed by atoms with van der Waals surface area (Å²) in [5.41, 5.74) is 1.54. The Morgan fingerprint density at radius 2 is 1.48 bits per heavy atom. The molecule has 0 fully saturated rings. The van der Waals surface area contributed by atoms with Crippen LogP contribution < -0.4 is 5.32 Å². The summed E-state index contributed by atoms with van der Waals surface area (Å²) in [6, 6.07) is 12.6. The molecule has 0 spiro atoms. The molecule has 0 radical (unpaired) electrons. The van der Waals surface area contributed by atoms with Crippen LogP contribution in [0.25, 0.3) is 0 Å². The number of hydrogen-bond acceptors (Lipinski definition) is 4. The minimum atomic E-state index is -3.55. The third-order valence-electron chi connectivity index (χ3n) is 2.94. The number of anilines is 1. The molecular weight excluding hydrogens is 290 g/mol. The highest BCUT2D eigenvalue weighted by Gasteiger charge is 2.17. The zero-order valence-electron chi connectivity index (χ0n) is 11.4. The first-order valence-corrected chi connectivity index (χ1v) is 7.75. The van der Waals surface area contributed by atoms with Gasteiger partial charge in [0.15, 0.2) is 0 Å². The molecule has 0 atom stereocenters. The maximum Gasteiger partial charge on any atom is 0.322 e. The molecule has 0 amide bonds. The van der Waals surface area contributed by atoms with E-state index in [1.165, 1.54) is 12.1 Å². The number of benzene rings is 2. The quantitative estimate of drug-likeness (QED) is 0.885. The largest absolute Gasteiger partial charge is 0.480 e. The summed E-state index contributed by atoms with van der Waals surface area (Å²) in [6.45, 7) is 1.67. The van der Waals surface area contributed by atoms with Crippen molar-refractivity contribution in [2.45, 2.75) is 16.7 Å². The van der Waals surface area contributed by atoms with Gasteiger partial charge in [0.1, 0.15) is 6.54 Å². The average molecular weight is 305 g/mol. The topological polar surface area (TPSA) is 83.5 Å². The first kappa shape index (κ1) is 15.1. The molecule has 2 aromatic carbocycles. The zero-order chi connectivity index (χ0) is 15.5. The van der Waals surface area contributed by atoms with E-state index < -0.39 is 15.8 Å². The number of rotatable bonds is 5. The van der Waals surface area contributed by atoms with Crippen LogP contribution in [0.2, 0.25) is 0 Å². The highest BCUT2D eigenvalue weighted by molar-refractivity contribution is 7.91. The van der Waals surface area contributed by atoms with Gasteiger partial charge in [-0.1, -0.05) is 17.7 Å². The fraction of sp³-hybridized carbons (Fsp3) is 0.133. The SMILES string of the molecule is Cc1ccc(S(=O)(=O)c2ccc(NCC(=O)O)cc2)cc1. The first-order valence-electron chi connectivity index (χ1n) is 6.27. The molecular formula is C15H15NO4S. The summed E-state index contributed by atoms with van der Waals surface area (Å²) in [5, 5.41) is 11.2. The Bertz CT molecular complexity index is 734. The Hall–Kier alpha value is -2.34. The van der Waals surface area contributed by atoms with Crippen LogP contribution in [0, 0.1) is 6.92 Å². The number of nitrogens with one attached hydrogen (secondary N) is 1. The number of hydrogen-bond donors (Lipinski definition) is 2. The lowest BCUT2D eigenvalue weighted by Gasteiger charge is -2.07. The summed E-state index contributed by atoms with van der Waals surface area (Å²) < 4.78 is 24.8. The van der Waals surface area contributed by atoms with Gasteiger partial charge in [0.05, 0.1) is 9.79 Å². The van der Waals surface area contributed by atoms with E-state index in [9.17, 15) is 13.2 Å². The fourth-order valence-electron chi connectivity index (χ4n) is 1.78. The van der Waals surface area contributed by atoms with Crippen LogP contribution in [-0.2, 0) is 14.6 Å². The zero-order valence-corrected chi connectivity index (χ0v) is 12.2. The number of aliphatic carboxylic acids is 1. The molecule has 0 aliphatic rings. The second-order valence-electron chi connectivity index (χ2n) is 4.59. The Balaban J connectivity index is 2.24. The van der Waals surface area contributed by atoms with Crippen molar-refractivity contribution in [2.24, 2.45) is 0 Å². The van der Waals surface area contributed by atoms with Gasteiger partial charge >= 0.3 is 5.97 Å². The van der Waals surface area contributed by atoms with E-state index >= 15 is 0 Å². The molecule has 0 aliphatic heterocycles. The molecule has 2 N–H and O–H groups in total. The van der Waals surface area contributed by atoms with E-state index in [4.69, 9.17) is 5.11 Å². The van der Waals surface area contributed by atoms with Crippen molar-refractivity contribution < 1.29 is 18.3 Å². The third-order valence-corrected chi connectivity index (χ3v) is 4.73. The van der Waals surface area contributed by atoms with Crippen molar-refractivity contribution in [3.63, 3.8) is 0 Å². The monoisotopic (exact) mass is 305 g/mol. The summed E-state index contributed by atoms with van der Waals surface area (Å²) in [4.78, 5) is 10.9. The molecule has 0 aromatic heterocycles. The Morgan fingerprint density at radius 3 is 1.95 bits per heavy atom. The Morgan fingerprint density at radius 1 is 1.00 bits per heavy atom. The second-order valence-corrected chi connectivity index (χ2v) is 6.54. The van der Waals surface area contributed by atoms with Gasteiger partial charge < -0.3 is 10.4 Å². The van der Waals surface area contributed by atoms with Gasteiger partial charge in [-0.25, -0.2) is 8.42 Å². The van der Waals surface area contributed by atoms with E-state index in [1.54, 1.807) is 36.4 Å². The molecule has 0 heterocycles. The second kappa shape index (κ2) is 5.97. The normalized spacial score (nSPS) is 11.1. The van der Waals surface area contributed by atoms with E-state index in [-0.39, 0.29) is 16.3 Å². The highest BCUT2D eigenvalue weighted by Crippen LogP contribution is 2.22. The van der Waals surface area contributed by atoms with Gasteiger partial charge in [0.2, 0.25) is 9.84 Å². The molecule has 21 heavy (non-hydrogen) atoms. The molecule has 5 nitrogen and oxygen atoms in total. The molecule has 2 rings (SSSR count). The maximum atomic E-state index is 12.4. The summed E-state index contributed by atoms with van der Waals surface area (Å²) in [5.74, 6) is -0.980. The van der Waals surface area contributed by atoms with Crippen molar-refractivity contribution in [2.75, 3.05) is 11.9 Å². The molecule has 0 saturated carbocycles. The number of carboxylic acid groups (broad SMARTS) is 1. The third kappa shape index (κ3) is 3.61. The standard InChI is InChI=1S/C15H15NO4S/c1-11-2-6-13(7-3-11)21(19,20)14-8-4-12(5-9-14)16-10-15(17)18/h2-9,16H,10H2,1H3,(H,17,18). The predicted molar refractivity (Wildman–Crippen MR) is 79.2 cm³/mol. The summed E-state index contributed by atoms with van der Waals surface area (Å²) in [7, 11) is -3.55. The van der Waals surface area contributed by atoms with E-state index in [2.05, 4.69) is 5.32 Å². The van der Waals surface area contributed by atoms with Gasteiger partial charge in [-0.2, -0.15) is 0 Å². The van der Waals surface area contributed by atoms with Gasteiger partial charge in [0.25, 0.3) is 0 Å². The van der Waals surface area contributed by atoms with Gasteiger partial charge in [-0.05, 0) is 43.3 Å². The van der Waals surface area contributed by atoms with Crippen LogP contribution in [0.15, 0.2) is 58.3 Å². The lowest BCUT2D eigenvalue weighted by atomic mass is 10.2. The van der Waals surface area contributed by atoms with Gasteiger partial charge in [-0.3, -0.25) is 4.79 Å². The first-order chi connectivity index (χ1) is 9.89. The van der Waals surface area contributed by atoms with Crippen molar-refractivity contribution in [3.8, 4) is 0 Å². The summed E-state index contributed by atoms with van der Waals surface area (Å²) in [6.07, 6.45) is 0. The van der Waals surface area contributed by atoms with E-state index in [0.717, 1.165) is 5.56 Å². The fourth-order valence-corrected chi connectivity index (χ4v) is 3.04. The smallest absolute Gasteiger partial charge is 0.322 e. The van der Waals surface area contributed by atoms with E-state index in [1.807, 2.05) is 6.92 Å². The number of carbonyl (C=O) groups is 1. The van der Waals surface area contributed by atoms with Crippen molar-refractivity contribution in [3.05, 3.63) is 54.1 Å². The summed E-state index contributed by atoms with van der Waals surface area (Å²) >= 11 is 0. The van der Waals surface area contributed by atoms with Crippen LogP contribution in [0.1, 0.15) is 5.56 Å². The number of aryl methyl sites for hydroxylation is 1. The van der Waals surface area contributed by atoms with Crippen LogP contribution in [0.5, 0.6) is 0 Å². The predicted octanol–water partition coefficient (Wildman–Crippen LogP) is 2.32. The molecule has 2 aromatic rings. The average Bonchev–Trinajstić information content (AvgIpc) is 2.46. The van der Waals surface area contributed by atoms with Crippen LogP contribution in [0.3, 0.4) is 0 Å². The minimum absolute atomic E-state index is 0.173.